The molecule has 4 rings (SSSR count). The number of aromatic amines is 1. The van der Waals surface area contributed by atoms with Crippen LogP contribution >= 0.6 is 0 Å². The van der Waals surface area contributed by atoms with E-state index in [0.717, 1.165) is 40.7 Å². The van der Waals surface area contributed by atoms with Crippen molar-refractivity contribution in [3.8, 4) is 5.75 Å². The van der Waals surface area contributed by atoms with Crippen molar-refractivity contribution in [2.24, 2.45) is 5.92 Å². The van der Waals surface area contributed by atoms with Gasteiger partial charge < -0.3 is 25.3 Å². The molecule has 7 heteroatoms. The van der Waals surface area contributed by atoms with Gasteiger partial charge in [0, 0.05) is 24.0 Å². The minimum atomic E-state index is -0.576. The largest absolute Gasteiger partial charge is 0.492 e. The maximum Gasteiger partial charge on any atom is 0.268 e. The summed E-state index contributed by atoms with van der Waals surface area (Å²) in [6, 6.07) is 15.0. The lowest BCUT2D eigenvalue weighted by molar-refractivity contribution is -0.123. The Balaban J connectivity index is 1.38. The van der Waals surface area contributed by atoms with Gasteiger partial charge in [-0.3, -0.25) is 9.59 Å². The molecule has 2 aromatic carbocycles. The third-order valence-electron chi connectivity index (χ3n) is 6.55. The zero-order chi connectivity index (χ0) is 24.8. The number of ether oxygens (including phenoxy) is 1. The average molecular weight is 477 g/mol. The van der Waals surface area contributed by atoms with Crippen LogP contribution in [0.15, 0.2) is 48.5 Å². The van der Waals surface area contributed by atoms with E-state index >= 15 is 0 Å². The number of para-hydroxylation sites is 1. The molecule has 1 saturated carbocycles. The van der Waals surface area contributed by atoms with Gasteiger partial charge >= 0.3 is 0 Å². The van der Waals surface area contributed by atoms with Crippen LogP contribution in [0.5, 0.6) is 5.75 Å². The first-order valence-corrected chi connectivity index (χ1v) is 12.4. The predicted octanol–water partition coefficient (Wildman–Crippen LogP) is 4.02. The number of carbonyl (C=O) groups is 2. The number of benzene rings is 2. The Morgan fingerprint density at radius 3 is 2.69 bits per heavy atom. The number of aryl methyl sites for hydroxylation is 1. The Bertz CT molecular complexity index is 1170. The first-order valence-electron chi connectivity index (χ1n) is 12.4. The van der Waals surface area contributed by atoms with Crippen molar-refractivity contribution >= 4 is 22.7 Å². The van der Waals surface area contributed by atoms with Crippen molar-refractivity contribution in [3.05, 3.63) is 65.4 Å². The fourth-order valence-corrected chi connectivity index (χ4v) is 4.22. The van der Waals surface area contributed by atoms with Crippen molar-refractivity contribution in [1.29, 1.82) is 0 Å². The lowest BCUT2D eigenvalue weighted by Crippen LogP contribution is -2.46. The summed E-state index contributed by atoms with van der Waals surface area (Å²) in [7, 11) is 4.01. The van der Waals surface area contributed by atoms with Crippen LogP contribution in [0.4, 0.5) is 0 Å². The molecule has 3 aromatic rings. The topological polar surface area (TPSA) is 86.5 Å². The molecule has 186 valence electrons. The molecule has 1 atom stereocenters. The second-order valence-electron chi connectivity index (χ2n) is 9.73. The van der Waals surface area contributed by atoms with Crippen LogP contribution in [0.1, 0.15) is 47.3 Å². The molecule has 7 nitrogen and oxygen atoms in total. The summed E-state index contributed by atoms with van der Waals surface area (Å²) in [4.78, 5) is 31.5. The van der Waals surface area contributed by atoms with E-state index in [4.69, 9.17) is 4.74 Å². The van der Waals surface area contributed by atoms with Gasteiger partial charge in [-0.2, -0.15) is 0 Å². The molecule has 1 fully saturated rings. The van der Waals surface area contributed by atoms with E-state index < -0.39 is 6.04 Å². The summed E-state index contributed by atoms with van der Waals surface area (Å²) in [6.07, 6.45) is 4.00. The van der Waals surface area contributed by atoms with Crippen molar-refractivity contribution < 1.29 is 14.3 Å². The number of H-pyrrole nitrogens is 1. The first-order chi connectivity index (χ1) is 16.9. The highest BCUT2D eigenvalue weighted by molar-refractivity contribution is 6.02. The third kappa shape index (κ3) is 6.85. The molecule has 35 heavy (non-hydrogen) atoms. The summed E-state index contributed by atoms with van der Waals surface area (Å²) in [5, 5.41) is 7.03. The van der Waals surface area contributed by atoms with Crippen LogP contribution in [0.2, 0.25) is 0 Å². The summed E-state index contributed by atoms with van der Waals surface area (Å²) in [5.41, 5.74) is 3.28. The Kier molecular flexibility index (Phi) is 8.08. The number of nitrogens with zero attached hydrogens (tertiary/aromatic N) is 1. The van der Waals surface area contributed by atoms with E-state index in [1.807, 2.05) is 69.6 Å². The van der Waals surface area contributed by atoms with Crippen molar-refractivity contribution in [2.75, 3.05) is 27.2 Å². The zero-order valence-electron chi connectivity index (χ0n) is 20.9. The molecule has 1 unspecified atom stereocenters. The highest BCUT2D eigenvalue weighted by atomic mass is 16.5. The van der Waals surface area contributed by atoms with Gasteiger partial charge in [0.2, 0.25) is 5.91 Å². The van der Waals surface area contributed by atoms with Gasteiger partial charge in [-0.25, -0.2) is 0 Å². The molecule has 0 saturated heterocycles. The summed E-state index contributed by atoms with van der Waals surface area (Å²) in [6.45, 7) is 3.75. The van der Waals surface area contributed by atoms with Gasteiger partial charge in [-0.1, -0.05) is 43.2 Å². The molecule has 1 heterocycles. The minimum absolute atomic E-state index is 0.160. The maximum atomic E-state index is 13.1. The second-order valence-corrected chi connectivity index (χ2v) is 9.73. The van der Waals surface area contributed by atoms with Crippen molar-refractivity contribution in [1.82, 2.24) is 20.5 Å². The predicted molar refractivity (Wildman–Crippen MR) is 139 cm³/mol. The average Bonchev–Trinajstić information content (AvgIpc) is 3.62. The van der Waals surface area contributed by atoms with E-state index in [9.17, 15) is 9.59 Å². The lowest BCUT2D eigenvalue weighted by atomic mass is 10.1. The molecular weight excluding hydrogens is 440 g/mol. The number of amides is 2. The molecule has 0 bridgehead atoms. The maximum absolute atomic E-state index is 13.1. The zero-order valence-corrected chi connectivity index (χ0v) is 20.9. The Labute approximate surface area is 207 Å². The minimum Gasteiger partial charge on any atom is -0.492 e. The highest BCUT2D eigenvalue weighted by Crippen LogP contribution is 2.34. The number of carbonyl (C=O) groups excluding carboxylic acids is 2. The molecule has 1 aliphatic rings. The van der Waals surface area contributed by atoms with Crippen LogP contribution in [-0.2, 0) is 11.3 Å². The number of fused-ring (bicyclic) bond motifs is 1. The van der Waals surface area contributed by atoms with Crippen LogP contribution < -0.4 is 15.4 Å². The molecular formula is C28H36N4O3. The lowest BCUT2D eigenvalue weighted by Gasteiger charge is -2.19. The van der Waals surface area contributed by atoms with Gasteiger partial charge in [0.15, 0.2) is 0 Å². The van der Waals surface area contributed by atoms with Crippen LogP contribution in [-0.4, -0.2) is 55.0 Å². The fourth-order valence-electron chi connectivity index (χ4n) is 4.22. The standard InChI is InChI=1S/C28H36N4O3/c1-19-23-9-4-5-10-24(23)30-26(19)28(34)31-25(14-13-20-11-12-20)27(33)29-18-21-7-6-8-22(17-21)35-16-15-32(2)3/h4-10,17,20,25,30H,11-16,18H2,1-3H3,(H,29,33)(H,31,34). The van der Waals surface area contributed by atoms with Gasteiger partial charge in [-0.05, 0) is 69.1 Å². The van der Waals surface area contributed by atoms with Gasteiger partial charge in [0.05, 0.1) is 0 Å². The number of rotatable bonds is 12. The number of likely N-dealkylation sites (N-methyl/N-ethyl adjacent to an activating group) is 1. The van der Waals surface area contributed by atoms with E-state index in [1.165, 1.54) is 12.8 Å². The number of aromatic nitrogens is 1. The van der Waals surface area contributed by atoms with E-state index in [1.54, 1.807) is 0 Å². The summed E-state index contributed by atoms with van der Waals surface area (Å²) >= 11 is 0. The normalized spacial score (nSPS) is 14.2. The van der Waals surface area contributed by atoms with Crippen molar-refractivity contribution in [2.45, 2.75) is 45.2 Å². The quantitative estimate of drug-likeness (QED) is 0.369. The number of hydrogen-bond acceptors (Lipinski definition) is 4. The van der Waals surface area contributed by atoms with Crippen LogP contribution in [0, 0.1) is 12.8 Å². The third-order valence-corrected chi connectivity index (χ3v) is 6.55. The van der Waals surface area contributed by atoms with Gasteiger partial charge in [0.25, 0.3) is 5.91 Å². The molecule has 0 aliphatic heterocycles. The summed E-state index contributed by atoms with van der Waals surface area (Å²) < 4.78 is 5.81. The Hall–Kier alpha value is -3.32. The highest BCUT2D eigenvalue weighted by Gasteiger charge is 2.27. The fraction of sp³-hybridized carbons (Fsp3) is 0.429. The Morgan fingerprint density at radius 1 is 1.14 bits per heavy atom. The second kappa shape index (κ2) is 11.4. The molecule has 0 radical (unpaired) electrons. The van der Waals surface area contributed by atoms with E-state index in [-0.39, 0.29) is 11.8 Å². The van der Waals surface area contributed by atoms with E-state index in [0.29, 0.717) is 31.2 Å². The number of hydrogen-bond donors (Lipinski definition) is 3. The SMILES string of the molecule is Cc1c(C(=O)NC(CCC2CC2)C(=O)NCc2cccc(OCCN(C)C)c2)[nH]c2ccccc12. The van der Waals surface area contributed by atoms with Gasteiger partial charge in [0.1, 0.15) is 24.1 Å². The Morgan fingerprint density at radius 2 is 1.94 bits per heavy atom. The molecule has 3 N–H and O–H groups in total. The number of nitrogens with one attached hydrogen (secondary N) is 3. The van der Waals surface area contributed by atoms with Crippen molar-refractivity contribution in [3.63, 3.8) is 0 Å². The van der Waals surface area contributed by atoms with Crippen LogP contribution in [0.25, 0.3) is 10.9 Å². The molecule has 1 aliphatic carbocycles. The first kappa shape index (κ1) is 24.8. The van der Waals surface area contributed by atoms with E-state index in [2.05, 4.69) is 20.5 Å². The summed E-state index contributed by atoms with van der Waals surface area (Å²) in [5.74, 6) is 1.05. The van der Waals surface area contributed by atoms with Crippen LogP contribution in [0.3, 0.4) is 0 Å². The van der Waals surface area contributed by atoms with Gasteiger partial charge in [-0.15, -0.1) is 0 Å². The monoisotopic (exact) mass is 476 g/mol. The smallest absolute Gasteiger partial charge is 0.268 e. The molecule has 1 aromatic heterocycles. The molecule has 0 spiro atoms. The molecule has 2 amide bonds.